The first-order valence-electron chi connectivity index (χ1n) is 5.57. The predicted molar refractivity (Wildman–Crippen MR) is 63.3 cm³/mol. The molecule has 1 saturated heterocycles. The number of hydrogen-bond acceptors (Lipinski definition) is 6. The van der Waals surface area contributed by atoms with Gasteiger partial charge in [-0.05, 0) is 24.5 Å². The van der Waals surface area contributed by atoms with Crippen LogP contribution in [0.25, 0.3) is 0 Å². The number of nitrogens with one attached hydrogen (secondary N) is 1. The summed E-state index contributed by atoms with van der Waals surface area (Å²) in [4.78, 5) is 24.8. The molecule has 18 heavy (non-hydrogen) atoms. The number of aromatic nitrogens is 3. The highest BCUT2D eigenvalue weighted by molar-refractivity contribution is 7.09. The smallest absolute Gasteiger partial charge is 0.329 e. The molecular weight excluding hydrogens is 258 g/mol. The highest BCUT2D eigenvalue weighted by Crippen LogP contribution is 2.33. The SMILES string of the molecule is CCC1(C(=O)O)CCCN1C(=O)Nc1nnns1. The van der Waals surface area contributed by atoms with Crippen LogP contribution in [-0.4, -0.2) is 48.9 Å². The van der Waals surface area contributed by atoms with E-state index in [0.717, 1.165) is 11.5 Å². The molecule has 9 heteroatoms. The molecule has 0 radical (unpaired) electrons. The zero-order valence-electron chi connectivity index (χ0n) is 9.79. The number of carboxylic acid groups (broad SMARTS) is 1. The summed E-state index contributed by atoms with van der Waals surface area (Å²) in [7, 11) is 0. The van der Waals surface area contributed by atoms with Crippen molar-refractivity contribution in [3.63, 3.8) is 0 Å². The lowest BCUT2D eigenvalue weighted by molar-refractivity contribution is -0.148. The maximum Gasteiger partial charge on any atom is 0.329 e. The summed E-state index contributed by atoms with van der Waals surface area (Å²) in [6.07, 6.45) is 1.53. The first-order valence-corrected chi connectivity index (χ1v) is 6.34. The summed E-state index contributed by atoms with van der Waals surface area (Å²) in [5, 5.41) is 19.1. The van der Waals surface area contributed by atoms with E-state index in [9.17, 15) is 14.7 Å². The van der Waals surface area contributed by atoms with Crippen LogP contribution >= 0.6 is 11.5 Å². The monoisotopic (exact) mass is 271 g/mol. The predicted octanol–water partition coefficient (Wildman–Crippen LogP) is 0.794. The number of likely N-dealkylation sites (tertiary alicyclic amines) is 1. The second-order valence-electron chi connectivity index (χ2n) is 4.04. The molecule has 1 fully saturated rings. The quantitative estimate of drug-likeness (QED) is 0.841. The van der Waals surface area contributed by atoms with Gasteiger partial charge in [-0.1, -0.05) is 16.5 Å². The minimum atomic E-state index is -1.11. The van der Waals surface area contributed by atoms with E-state index in [4.69, 9.17) is 0 Å². The Bertz CT molecular complexity index is 451. The molecule has 2 heterocycles. The second kappa shape index (κ2) is 4.84. The Kier molecular flexibility index (Phi) is 3.41. The molecule has 2 rings (SSSR count). The molecule has 8 nitrogen and oxygen atoms in total. The van der Waals surface area contributed by atoms with Gasteiger partial charge in [0.15, 0.2) is 0 Å². The molecule has 1 aromatic rings. The van der Waals surface area contributed by atoms with Crippen LogP contribution in [0, 0.1) is 0 Å². The Morgan fingerprint density at radius 3 is 2.94 bits per heavy atom. The van der Waals surface area contributed by atoms with Crippen LogP contribution in [0.4, 0.5) is 9.93 Å². The number of amides is 2. The molecule has 2 N–H and O–H groups in total. The highest BCUT2D eigenvalue weighted by Gasteiger charge is 2.48. The van der Waals surface area contributed by atoms with E-state index in [1.807, 2.05) is 0 Å². The topological polar surface area (TPSA) is 108 Å². The lowest BCUT2D eigenvalue weighted by Crippen LogP contribution is -2.54. The van der Waals surface area contributed by atoms with Gasteiger partial charge in [0.05, 0.1) is 0 Å². The fourth-order valence-corrected chi connectivity index (χ4v) is 2.61. The number of urea groups is 1. The van der Waals surface area contributed by atoms with E-state index < -0.39 is 17.5 Å². The van der Waals surface area contributed by atoms with Crippen LogP contribution in [0.5, 0.6) is 0 Å². The summed E-state index contributed by atoms with van der Waals surface area (Å²) in [5.74, 6) is -0.965. The molecule has 1 unspecified atom stereocenters. The molecule has 0 aliphatic carbocycles. The fraction of sp³-hybridized carbons (Fsp3) is 0.667. The van der Waals surface area contributed by atoms with E-state index >= 15 is 0 Å². The molecule has 1 aliphatic rings. The Balaban J connectivity index is 2.16. The standard InChI is InChI=1S/C9H13N5O3S/c1-2-9(6(15)16)4-3-5-14(9)8(17)10-7-11-12-13-18-7/h2-5H2,1H3,(H,15,16)(H,10,11,13,17). The number of rotatable bonds is 3. The normalized spacial score (nSPS) is 23.1. The Hall–Kier alpha value is -1.77. The van der Waals surface area contributed by atoms with Crippen molar-refractivity contribution in [1.29, 1.82) is 0 Å². The largest absolute Gasteiger partial charge is 0.479 e. The molecule has 98 valence electrons. The van der Waals surface area contributed by atoms with E-state index in [1.165, 1.54) is 4.90 Å². The summed E-state index contributed by atoms with van der Waals surface area (Å²) in [6.45, 7) is 2.20. The third-order valence-electron chi connectivity index (χ3n) is 3.23. The first kappa shape index (κ1) is 12.7. The number of nitrogens with zero attached hydrogens (tertiary/aromatic N) is 4. The summed E-state index contributed by atoms with van der Waals surface area (Å²) in [6, 6.07) is -0.463. The van der Waals surface area contributed by atoms with Crippen molar-refractivity contribution in [2.24, 2.45) is 0 Å². The number of aliphatic carboxylic acids is 1. The van der Waals surface area contributed by atoms with Gasteiger partial charge in [-0.3, -0.25) is 5.32 Å². The van der Waals surface area contributed by atoms with Gasteiger partial charge in [0.25, 0.3) is 0 Å². The zero-order valence-corrected chi connectivity index (χ0v) is 10.6. The average molecular weight is 271 g/mol. The van der Waals surface area contributed by atoms with Gasteiger partial charge in [-0.15, -0.1) is 0 Å². The molecular formula is C9H13N5O3S. The Morgan fingerprint density at radius 2 is 2.39 bits per heavy atom. The van der Waals surface area contributed by atoms with Crippen molar-refractivity contribution in [3.05, 3.63) is 0 Å². The van der Waals surface area contributed by atoms with Gasteiger partial charge in [0.1, 0.15) is 5.54 Å². The van der Waals surface area contributed by atoms with Crippen molar-refractivity contribution in [2.45, 2.75) is 31.7 Å². The summed E-state index contributed by atoms with van der Waals surface area (Å²) < 4.78 is 3.52. The van der Waals surface area contributed by atoms with E-state index in [1.54, 1.807) is 6.92 Å². The molecule has 1 aromatic heterocycles. The van der Waals surface area contributed by atoms with Crippen LogP contribution in [0.15, 0.2) is 0 Å². The molecule has 0 bridgehead atoms. The van der Waals surface area contributed by atoms with Crippen LogP contribution < -0.4 is 5.32 Å². The lowest BCUT2D eigenvalue weighted by Gasteiger charge is -2.33. The van der Waals surface area contributed by atoms with E-state index in [2.05, 4.69) is 20.1 Å². The highest BCUT2D eigenvalue weighted by atomic mass is 32.1. The Labute approximate surface area is 107 Å². The first-order chi connectivity index (χ1) is 8.60. The van der Waals surface area contributed by atoms with Crippen LogP contribution in [0.3, 0.4) is 0 Å². The number of carbonyl (C=O) groups is 2. The maximum atomic E-state index is 12.1. The molecule has 2 amide bonds. The van der Waals surface area contributed by atoms with Gasteiger partial charge in [0, 0.05) is 18.1 Å². The third kappa shape index (κ3) is 2.01. The van der Waals surface area contributed by atoms with Gasteiger partial charge in [-0.2, -0.15) is 0 Å². The molecule has 0 spiro atoms. The Morgan fingerprint density at radius 1 is 1.61 bits per heavy atom. The molecule has 0 saturated carbocycles. The van der Waals surface area contributed by atoms with Crippen molar-refractivity contribution < 1.29 is 14.7 Å². The van der Waals surface area contributed by atoms with Crippen molar-refractivity contribution in [2.75, 3.05) is 11.9 Å². The van der Waals surface area contributed by atoms with Gasteiger partial charge >= 0.3 is 12.0 Å². The third-order valence-corrected chi connectivity index (χ3v) is 3.74. The van der Waals surface area contributed by atoms with Crippen molar-refractivity contribution >= 4 is 28.7 Å². The van der Waals surface area contributed by atoms with Crippen LogP contribution in [0.2, 0.25) is 0 Å². The van der Waals surface area contributed by atoms with Crippen molar-refractivity contribution in [1.82, 2.24) is 19.7 Å². The van der Waals surface area contributed by atoms with Gasteiger partial charge < -0.3 is 10.0 Å². The minimum absolute atomic E-state index is 0.266. The number of anilines is 1. The lowest BCUT2D eigenvalue weighted by atomic mass is 9.93. The van der Waals surface area contributed by atoms with Gasteiger partial charge in [0.2, 0.25) is 5.13 Å². The van der Waals surface area contributed by atoms with E-state index in [-0.39, 0.29) is 5.13 Å². The number of hydrogen-bond donors (Lipinski definition) is 2. The summed E-state index contributed by atoms with van der Waals surface area (Å²) in [5.41, 5.74) is -1.11. The van der Waals surface area contributed by atoms with Crippen molar-refractivity contribution in [3.8, 4) is 0 Å². The summed E-state index contributed by atoms with van der Waals surface area (Å²) >= 11 is 0.948. The average Bonchev–Trinajstić information content (AvgIpc) is 2.96. The number of carbonyl (C=O) groups excluding carboxylic acids is 1. The maximum absolute atomic E-state index is 12.1. The van der Waals surface area contributed by atoms with E-state index in [0.29, 0.717) is 25.8 Å². The molecule has 1 aliphatic heterocycles. The van der Waals surface area contributed by atoms with Crippen LogP contribution in [-0.2, 0) is 4.79 Å². The second-order valence-corrected chi connectivity index (χ2v) is 4.78. The fourth-order valence-electron chi connectivity index (χ4n) is 2.26. The molecule has 0 aromatic carbocycles. The minimum Gasteiger partial charge on any atom is -0.479 e. The van der Waals surface area contributed by atoms with Gasteiger partial charge in [-0.25, -0.2) is 9.59 Å². The van der Waals surface area contributed by atoms with Crippen LogP contribution in [0.1, 0.15) is 26.2 Å². The molecule has 1 atom stereocenters. The number of carboxylic acids is 1. The zero-order chi connectivity index (χ0) is 13.2.